The van der Waals surface area contributed by atoms with E-state index in [1.54, 1.807) is 12.1 Å². The Labute approximate surface area is 173 Å². The van der Waals surface area contributed by atoms with Crippen LogP contribution in [0.25, 0.3) is 0 Å². The van der Waals surface area contributed by atoms with E-state index >= 15 is 0 Å². The van der Waals surface area contributed by atoms with Gasteiger partial charge in [0.1, 0.15) is 0 Å². The highest BCUT2D eigenvalue weighted by atomic mass is 16.2. The minimum Gasteiger partial charge on any atom is -0.349 e. The van der Waals surface area contributed by atoms with Crippen LogP contribution in [0.15, 0.2) is 66.2 Å². The van der Waals surface area contributed by atoms with Crippen LogP contribution in [0.1, 0.15) is 56.6 Å². The van der Waals surface area contributed by atoms with E-state index in [9.17, 15) is 9.59 Å². The van der Waals surface area contributed by atoms with Gasteiger partial charge < -0.3 is 10.6 Å². The van der Waals surface area contributed by atoms with Gasteiger partial charge in [0.25, 0.3) is 5.91 Å². The first kappa shape index (κ1) is 20.8. The van der Waals surface area contributed by atoms with E-state index < -0.39 is 0 Å². The van der Waals surface area contributed by atoms with Crippen molar-refractivity contribution in [3.8, 4) is 0 Å². The Morgan fingerprint density at radius 2 is 1.72 bits per heavy atom. The number of hydrogen-bond donors (Lipinski definition) is 2. The van der Waals surface area contributed by atoms with Gasteiger partial charge in [-0.15, -0.1) is 0 Å². The molecule has 2 aromatic carbocycles. The molecule has 3 atom stereocenters. The van der Waals surface area contributed by atoms with Crippen molar-refractivity contribution in [3.05, 3.63) is 77.4 Å². The van der Waals surface area contributed by atoms with E-state index in [0.717, 1.165) is 5.56 Å². The van der Waals surface area contributed by atoms with Crippen molar-refractivity contribution in [1.82, 2.24) is 5.32 Å². The van der Waals surface area contributed by atoms with Crippen LogP contribution in [0.4, 0.5) is 5.69 Å². The van der Waals surface area contributed by atoms with Gasteiger partial charge in [-0.05, 0) is 61.9 Å². The van der Waals surface area contributed by atoms with E-state index in [-0.39, 0.29) is 35.1 Å². The lowest BCUT2D eigenvalue weighted by Gasteiger charge is -2.16. The minimum atomic E-state index is -0.149. The lowest BCUT2D eigenvalue weighted by atomic mass is 10.1. The molecule has 2 N–H and O–H groups in total. The van der Waals surface area contributed by atoms with Crippen LogP contribution in [0, 0.1) is 17.3 Å². The summed E-state index contributed by atoms with van der Waals surface area (Å²) in [5.41, 5.74) is 3.52. The summed E-state index contributed by atoms with van der Waals surface area (Å²) in [5, 5.41) is 6.07. The maximum Gasteiger partial charge on any atom is 0.255 e. The van der Waals surface area contributed by atoms with Gasteiger partial charge in [-0.25, -0.2) is 0 Å². The minimum absolute atomic E-state index is 0.000756. The molecule has 152 valence electrons. The first-order valence-electron chi connectivity index (χ1n) is 10.1. The fraction of sp³-hybridized carbons (Fsp3) is 0.360. The average molecular weight is 391 g/mol. The van der Waals surface area contributed by atoms with Crippen molar-refractivity contribution >= 4 is 17.5 Å². The molecule has 0 spiro atoms. The highest BCUT2D eigenvalue weighted by Gasteiger charge is 2.60. The average Bonchev–Trinajstić information content (AvgIpc) is 3.21. The molecule has 0 bridgehead atoms. The number of carbonyl (C=O) groups is 2. The SMILES string of the molecule is CC(C)=CC1C(C(=O)NC(C)c2cccc(NC(=O)c3ccccc3)c2)C1(C)C. The third kappa shape index (κ3) is 4.76. The summed E-state index contributed by atoms with van der Waals surface area (Å²) in [4.78, 5) is 25.2. The molecule has 3 rings (SSSR count). The molecule has 1 aliphatic carbocycles. The fourth-order valence-corrected chi connectivity index (χ4v) is 3.91. The summed E-state index contributed by atoms with van der Waals surface area (Å²) in [6.45, 7) is 10.4. The van der Waals surface area contributed by atoms with Gasteiger partial charge in [-0.3, -0.25) is 9.59 Å². The first-order chi connectivity index (χ1) is 13.7. The van der Waals surface area contributed by atoms with E-state index in [1.165, 1.54) is 5.57 Å². The number of rotatable bonds is 6. The van der Waals surface area contributed by atoms with Crippen LogP contribution in [0.3, 0.4) is 0 Å². The van der Waals surface area contributed by atoms with Crippen molar-refractivity contribution in [2.75, 3.05) is 5.32 Å². The van der Waals surface area contributed by atoms with E-state index in [1.807, 2.05) is 49.4 Å². The number of carbonyl (C=O) groups excluding carboxylic acids is 2. The zero-order valence-corrected chi connectivity index (χ0v) is 17.8. The second-order valence-electron chi connectivity index (χ2n) is 8.74. The van der Waals surface area contributed by atoms with Crippen LogP contribution < -0.4 is 10.6 Å². The van der Waals surface area contributed by atoms with Gasteiger partial charge in [-0.1, -0.05) is 55.8 Å². The van der Waals surface area contributed by atoms with Crippen LogP contribution in [0.5, 0.6) is 0 Å². The topological polar surface area (TPSA) is 58.2 Å². The van der Waals surface area contributed by atoms with Crippen molar-refractivity contribution in [2.24, 2.45) is 17.3 Å². The quantitative estimate of drug-likeness (QED) is 0.653. The Bertz CT molecular complexity index is 927. The van der Waals surface area contributed by atoms with Crippen LogP contribution >= 0.6 is 0 Å². The molecule has 4 heteroatoms. The van der Waals surface area contributed by atoms with Crippen LogP contribution in [0.2, 0.25) is 0 Å². The molecule has 3 unspecified atom stereocenters. The maximum absolute atomic E-state index is 12.8. The Hall–Kier alpha value is -2.88. The molecular weight excluding hydrogens is 360 g/mol. The predicted molar refractivity (Wildman–Crippen MR) is 118 cm³/mol. The molecule has 0 aromatic heterocycles. The molecule has 0 heterocycles. The van der Waals surface area contributed by atoms with E-state index in [4.69, 9.17) is 0 Å². The molecular formula is C25H30N2O2. The summed E-state index contributed by atoms with van der Waals surface area (Å²) in [6.07, 6.45) is 2.20. The number of nitrogens with one attached hydrogen (secondary N) is 2. The standard InChI is InChI=1S/C25H30N2O2/c1-16(2)14-21-22(25(21,4)5)24(29)26-17(3)19-12-9-13-20(15-19)27-23(28)18-10-7-6-8-11-18/h6-15,17,21-22H,1-5H3,(H,26,29)(H,27,28). The molecule has 29 heavy (non-hydrogen) atoms. The molecule has 1 saturated carbocycles. The molecule has 1 aliphatic rings. The van der Waals surface area contributed by atoms with E-state index in [2.05, 4.69) is 44.4 Å². The maximum atomic E-state index is 12.8. The Morgan fingerprint density at radius 1 is 1.03 bits per heavy atom. The third-order valence-electron chi connectivity index (χ3n) is 5.75. The fourth-order valence-electron chi connectivity index (χ4n) is 3.91. The number of hydrogen-bond acceptors (Lipinski definition) is 2. The third-order valence-corrected chi connectivity index (χ3v) is 5.75. The van der Waals surface area contributed by atoms with Crippen molar-refractivity contribution in [1.29, 1.82) is 0 Å². The first-order valence-corrected chi connectivity index (χ1v) is 10.1. The summed E-state index contributed by atoms with van der Waals surface area (Å²) in [6, 6.07) is 16.6. The molecule has 4 nitrogen and oxygen atoms in total. The molecule has 2 aromatic rings. The zero-order valence-electron chi connectivity index (χ0n) is 17.8. The van der Waals surface area contributed by atoms with Gasteiger partial charge in [0.05, 0.1) is 12.0 Å². The second kappa shape index (κ2) is 8.24. The monoisotopic (exact) mass is 390 g/mol. The van der Waals surface area contributed by atoms with Gasteiger partial charge in [0.2, 0.25) is 5.91 Å². The summed E-state index contributed by atoms with van der Waals surface area (Å²) < 4.78 is 0. The van der Waals surface area contributed by atoms with Crippen LogP contribution in [-0.4, -0.2) is 11.8 Å². The Balaban J connectivity index is 1.65. The lowest BCUT2D eigenvalue weighted by molar-refractivity contribution is -0.123. The highest BCUT2D eigenvalue weighted by Crippen LogP contribution is 2.59. The second-order valence-corrected chi connectivity index (χ2v) is 8.74. The van der Waals surface area contributed by atoms with Crippen LogP contribution in [-0.2, 0) is 4.79 Å². The van der Waals surface area contributed by atoms with Crippen molar-refractivity contribution < 1.29 is 9.59 Å². The van der Waals surface area contributed by atoms with Gasteiger partial charge in [0.15, 0.2) is 0 Å². The summed E-state index contributed by atoms with van der Waals surface area (Å²) in [7, 11) is 0. The molecule has 0 radical (unpaired) electrons. The normalized spacial score (nSPS) is 20.3. The van der Waals surface area contributed by atoms with Gasteiger partial charge in [-0.2, -0.15) is 0 Å². The molecule has 0 saturated heterocycles. The predicted octanol–water partition coefficient (Wildman–Crippen LogP) is 5.35. The largest absolute Gasteiger partial charge is 0.349 e. The van der Waals surface area contributed by atoms with Gasteiger partial charge in [0, 0.05) is 11.3 Å². The number of anilines is 1. The smallest absolute Gasteiger partial charge is 0.255 e. The molecule has 0 aliphatic heterocycles. The molecule has 1 fully saturated rings. The zero-order chi connectivity index (χ0) is 21.2. The van der Waals surface area contributed by atoms with Crippen molar-refractivity contribution in [2.45, 2.75) is 40.7 Å². The van der Waals surface area contributed by atoms with E-state index in [0.29, 0.717) is 11.3 Å². The highest BCUT2D eigenvalue weighted by molar-refractivity contribution is 6.04. The Kier molecular flexibility index (Phi) is 5.92. The Morgan fingerprint density at radius 3 is 2.38 bits per heavy atom. The number of benzene rings is 2. The number of allylic oxidation sites excluding steroid dienone is 2. The molecule has 2 amide bonds. The number of amides is 2. The lowest BCUT2D eigenvalue weighted by Crippen LogP contribution is -2.29. The summed E-state index contributed by atoms with van der Waals surface area (Å²) in [5.74, 6) is 0.226. The van der Waals surface area contributed by atoms with Gasteiger partial charge >= 0.3 is 0 Å². The van der Waals surface area contributed by atoms with Crippen molar-refractivity contribution in [3.63, 3.8) is 0 Å². The summed E-state index contributed by atoms with van der Waals surface area (Å²) >= 11 is 0.